The monoisotopic (exact) mass is 476 g/mol. The van der Waals surface area contributed by atoms with E-state index in [1.807, 2.05) is 19.9 Å². The van der Waals surface area contributed by atoms with Gasteiger partial charge in [-0.2, -0.15) is 13.2 Å². The van der Waals surface area contributed by atoms with Crippen molar-refractivity contribution in [1.29, 1.82) is 0 Å². The van der Waals surface area contributed by atoms with Gasteiger partial charge in [-0.25, -0.2) is 8.42 Å². The number of hydrogen-bond acceptors (Lipinski definition) is 3. The summed E-state index contributed by atoms with van der Waals surface area (Å²) in [6.45, 7) is 3.44. The minimum Gasteiger partial charge on any atom is -0.326 e. The van der Waals surface area contributed by atoms with Crippen molar-refractivity contribution in [2.24, 2.45) is 0 Å². The molecule has 1 amide bonds. The Morgan fingerprint density at radius 2 is 1.58 bits per heavy atom. The number of aryl methyl sites for hydroxylation is 2. The van der Waals surface area contributed by atoms with Crippen LogP contribution in [-0.2, 0) is 21.0 Å². The second-order valence-electron chi connectivity index (χ2n) is 7.61. The summed E-state index contributed by atoms with van der Waals surface area (Å²) in [4.78, 5) is 12.0. The van der Waals surface area contributed by atoms with Gasteiger partial charge in [-0.15, -0.1) is 0 Å². The van der Waals surface area contributed by atoms with Gasteiger partial charge >= 0.3 is 6.18 Å². The highest BCUT2D eigenvalue weighted by Crippen LogP contribution is 2.32. The summed E-state index contributed by atoms with van der Waals surface area (Å²) < 4.78 is 67.1. The van der Waals surface area contributed by atoms with E-state index in [0.29, 0.717) is 11.8 Å². The lowest BCUT2D eigenvalue weighted by Crippen LogP contribution is -2.34. The fourth-order valence-corrected chi connectivity index (χ4v) is 4.72. The van der Waals surface area contributed by atoms with Crippen LogP contribution in [0, 0.1) is 13.8 Å². The first-order chi connectivity index (χ1) is 15.5. The summed E-state index contributed by atoms with van der Waals surface area (Å²) >= 11 is 0. The molecule has 9 heteroatoms. The highest BCUT2D eigenvalue weighted by atomic mass is 32.2. The molecule has 0 saturated heterocycles. The van der Waals surface area contributed by atoms with E-state index in [4.69, 9.17) is 0 Å². The third-order valence-corrected chi connectivity index (χ3v) is 6.74. The van der Waals surface area contributed by atoms with Gasteiger partial charge in [0.2, 0.25) is 5.91 Å². The lowest BCUT2D eigenvalue weighted by Gasteiger charge is -2.25. The Hall–Kier alpha value is -3.33. The van der Waals surface area contributed by atoms with E-state index < -0.39 is 32.6 Å². The summed E-state index contributed by atoms with van der Waals surface area (Å²) in [7, 11) is -4.37. The molecule has 3 aromatic rings. The van der Waals surface area contributed by atoms with Crippen LogP contribution in [0.4, 0.5) is 24.5 Å². The molecule has 3 aromatic carbocycles. The number of halogens is 3. The van der Waals surface area contributed by atoms with E-state index in [2.05, 4.69) is 5.32 Å². The number of carbonyl (C=O) groups is 1. The zero-order valence-corrected chi connectivity index (χ0v) is 18.9. The van der Waals surface area contributed by atoms with E-state index in [9.17, 15) is 26.4 Å². The maximum Gasteiger partial charge on any atom is 0.416 e. The highest BCUT2D eigenvalue weighted by Gasteiger charge is 2.33. The number of benzene rings is 3. The van der Waals surface area contributed by atoms with Gasteiger partial charge in [-0.05, 0) is 61.9 Å². The smallest absolute Gasteiger partial charge is 0.326 e. The lowest BCUT2D eigenvalue weighted by atomic mass is 10.2. The number of alkyl halides is 3. The van der Waals surface area contributed by atoms with Gasteiger partial charge < -0.3 is 5.32 Å². The van der Waals surface area contributed by atoms with Crippen molar-refractivity contribution >= 4 is 27.3 Å². The predicted molar refractivity (Wildman–Crippen MR) is 122 cm³/mol. The number of nitrogens with zero attached hydrogens (tertiary/aromatic N) is 1. The summed E-state index contributed by atoms with van der Waals surface area (Å²) in [6, 6.07) is 17.2. The molecule has 5 nitrogen and oxygen atoms in total. The summed E-state index contributed by atoms with van der Waals surface area (Å²) in [5.74, 6) is -0.419. The zero-order valence-electron chi connectivity index (χ0n) is 18.1. The standard InChI is InChI=1S/C24H23F3N2O3S/c1-17-9-11-21(12-10-17)29(14-13-23(30)28-20-7-3-5-18(2)15-20)33(31,32)22-8-4-6-19(16-22)24(25,26)27/h3-12,15-16H,13-14H2,1-2H3,(H,28,30). The predicted octanol–water partition coefficient (Wildman–Crippen LogP) is 5.55. The molecule has 0 spiro atoms. The number of amides is 1. The van der Waals surface area contributed by atoms with Crippen molar-refractivity contribution < 1.29 is 26.4 Å². The van der Waals surface area contributed by atoms with Gasteiger partial charge in [0.05, 0.1) is 16.1 Å². The van der Waals surface area contributed by atoms with Crippen molar-refractivity contribution in [2.75, 3.05) is 16.2 Å². The van der Waals surface area contributed by atoms with Crippen LogP contribution in [0.5, 0.6) is 0 Å². The first kappa shape index (κ1) is 24.3. The Morgan fingerprint density at radius 1 is 0.909 bits per heavy atom. The van der Waals surface area contributed by atoms with Crippen molar-refractivity contribution in [2.45, 2.75) is 31.3 Å². The summed E-state index contributed by atoms with van der Waals surface area (Å²) in [6.07, 6.45) is -4.88. The van der Waals surface area contributed by atoms with Crippen LogP contribution < -0.4 is 9.62 Å². The van der Waals surface area contributed by atoms with Crippen molar-refractivity contribution in [3.05, 3.63) is 89.5 Å². The van der Waals surface area contributed by atoms with E-state index in [0.717, 1.165) is 33.6 Å². The van der Waals surface area contributed by atoms with Gasteiger partial charge in [0.15, 0.2) is 0 Å². The van der Waals surface area contributed by atoms with E-state index >= 15 is 0 Å². The van der Waals surface area contributed by atoms with E-state index in [1.54, 1.807) is 42.5 Å². The number of carbonyl (C=O) groups excluding carboxylic acids is 1. The average Bonchev–Trinajstić information content (AvgIpc) is 2.74. The molecule has 0 unspecified atom stereocenters. The Morgan fingerprint density at radius 3 is 2.21 bits per heavy atom. The highest BCUT2D eigenvalue weighted by molar-refractivity contribution is 7.92. The molecule has 0 saturated carbocycles. The lowest BCUT2D eigenvalue weighted by molar-refractivity contribution is -0.137. The first-order valence-electron chi connectivity index (χ1n) is 10.1. The minimum atomic E-state index is -4.69. The number of hydrogen-bond donors (Lipinski definition) is 1. The number of nitrogens with one attached hydrogen (secondary N) is 1. The van der Waals surface area contributed by atoms with Crippen LogP contribution in [0.2, 0.25) is 0 Å². The van der Waals surface area contributed by atoms with Crippen LogP contribution in [-0.4, -0.2) is 20.9 Å². The topological polar surface area (TPSA) is 66.5 Å². The Balaban J connectivity index is 1.90. The van der Waals surface area contributed by atoms with Gasteiger partial charge in [0, 0.05) is 18.7 Å². The van der Waals surface area contributed by atoms with Gasteiger partial charge in [-0.1, -0.05) is 35.9 Å². The van der Waals surface area contributed by atoms with Gasteiger partial charge in [0.1, 0.15) is 0 Å². The molecule has 174 valence electrons. The van der Waals surface area contributed by atoms with Crippen molar-refractivity contribution in [3.63, 3.8) is 0 Å². The molecule has 0 fully saturated rings. The molecule has 3 rings (SSSR count). The van der Waals surface area contributed by atoms with Gasteiger partial charge in [-0.3, -0.25) is 9.10 Å². The molecule has 0 atom stereocenters. The molecular formula is C24H23F3N2O3S. The summed E-state index contributed by atoms with van der Waals surface area (Å²) in [5, 5.41) is 2.71. The maximum atomic E-state index is 13.3. The maximum absolute atomic E-state index is 13.3. The SMILES string of the molecule is Cc1ccc(N(CCC(=O)Nc2cccc(C)c2)S(=O)(=O)c2cccc(C(F)(F)F)c2)cc1. The molecule has 1 N–H and O–H groups in total. The molecule has 0 aromatic heterocycles. The largest absolute Gasteiger partial charge is 0.416 e. The Kier molecular flexibility index (Phi) is 7.12. The molecule has 0 heterocycles. The van der Waals surface area contributed by atoms with Crippen LogP contribution >= 0.6 is 0 Å². The molecule has 0 aliphatic rings. The van der Waals surface area contributed by atoms with E-state index in [-0.39, 0.29) is 18.7 Å². The molecule has 0 radical (unpaired) electrons. The second-order valence-corrected chi connectivity index (χ2v) is 9.47. The number of rotatable bonds is 7. The summed E-state index contributed by atoms with van der Waals surface area (Å²) in [5.41, 5.74) is 1.59. The number of anilines is 2. The normalized spacial score (nSPS) is 11.8. The quantitative estimate of drug-likeness (QED) is 0.487. The van der Waals surface area contributed by atoms with E-state index in [1.165, 1.54) is 0 Å². The minimum absolute atomic E-state index is 0.194. The third kappa shape index (κ3) is 6.13. The fraction of sp³-hybridized carbons (Fsp3) is 0.208. The molecule has 0 bridgehead atoms. The average molecular weight is 477 g/mol. The molecule has 0 aliphatic carbocycles. The Labute approximate surface area is 190 Å². The van der Waals surface area contributed by atoms with Crippen molar-refractivity contribution in [1.82, 2.24) is 0 Å². The second kappa shape index (κ2) is 9.66. The third-order valence-electron chi connectivity index (χ3n) is 4.92. The molecular weight excluding hydrogens is 453 g/mol. The first-order valence-corrected chi connectivity index (χ1v) is 11.5. The van der Waals surface area contributed by atoms with Crippen LogP contribution in [0.1, 0.15) is 23.1 Å². The zero-order chi connectivity index (χ0) is 24.2. The van der Waals surface area contributed by atoms with Crippen LogP contribution in [0.3, 0.4) is 0 Å². The van der Waals surface area contributed by atoms with Crippen LogP contribution in [0.15, 0.2) is 77.7 Å². The fourth-order valence-electron chi connectivity index (χ4n) is 3.21. The molecule has 0 aliphatic heterocycles. The van der Waals surface area contributed by atoms with Crippen molar-refractivity contribution in [3.8, 4) is 0 Å². The molecule has 33 heavy (non-hydrogen) atoms. The van der Waals surface area contributed by atoms with Crippen LogP contribution in [0.25, 0.3) is 0 Å². The number of sulfonamides is 1. The Bertz CT molecular complexity index is 1240. The van der Waals surface area contributed by atoms with Gasteiger partial charge in [0.25, 0.3) is 10.0 Å².